The summed E-state index contributed by atoms with van der Waals surface area (Å²) in [7, 11) is 3.30. The van der Waals surface area contributed by atoms with Gasteiger partial charge in [-0.15, -0.1) is 0 Å². The van der Waals surface area contributed by atoms with Gasteiger partial charge in [-0.3, -0.25) is 4.98 Å². The number of nitrogens with one attached hydrogen (secondary N) is 1. The summed E-state index contributed by atoms with van der Waals surface area (Å²) in [5.41, 5.74) is 1.30. The van der Waals surface area contributed by atoms with Gasteiger partial charge in [-0.05, 0) is 43.0 Å². The molecule has 7 nitrogen and oxygen atoms in total. The predicted molar refractivity (Wildman–Crippen MR) is 121 cm³/mol. The van der Waals surface area contributed by atoms with Gasteiger partial charge in [0.05, 0.1) is 31.2 Å². The van der Waals surface area contributed by atoms with E-state index in [1.54, 1.807) is 12.1 Å². The van der Waals surface area contributed by atoms with Crippen molar-refractivity contribution in [1.82, 2.24) is 20.3 Å². The van der Waals surface area contributed by atoms with Crippen molar-refractivity contribution in [3.05, 3.63) is 48.7 Å². The molecule has 0 aliphatic carbocycles. The van der Waals surface area contributed by atoms with E-state index in [-0.39, 0.29) is 29.0 Å². The molecule has 9 heteroatoms. The molecule has 3 aromatic rings. The minimum atomic E-state index is -0.979. The number of hydrogen-bond donors (Lipinski definition) is 2. The van der Waals surface area contributed by atoms with Crippen molar-refractivity contribution in [2.75, 3.05) is 19.1 Å². The van der Waals surface area contributed by atoms with Gasteiger partial charge >= 0.3 is 0 Å². The monoisotopic (exact) mass is 453 g/mol. The average Bonchev–Trinajstić information content (AvgIpc) is 3.25. The van der Waals surface area contributed by atoms with E-state index in [4.69, 9.17) is 4.74 Å². The van der Waals surface area contributed by atoms with Gasteiger partial charge in [0.15, 0.2) is 0 Å². The molecule has 2 N–H and O–H groups in total. The molecule has 4 unspecified atom stereocenters. The fourth-order valence-electron chi connectivity index (χ4n) is 4.84. The van der Waals surface area contributed by atoms with E-state index in [1.807, 2.05) is 11.9 Å². The number of halogens is 2. The van der Waals surface area contributed by atoms with Crippen LogP contribution in [0.15, 0.2) is 42.9 Å². The highest BCUT2D eigenvalue weighted by atomic mass is 19.1. The Balaban J connectivity index is 1.39. The number of ether oxygens (including phenoxy) is 1. The van der Waals surface area contributed by atoms with E-state index >= 15 is 0 Å². The Kier molecular flexibility index (Phi) is 5.57. The maximum atomic E-state index is 14.9. The second-order valence-electron chi connectivity index (χ2n) is 8.60. The maximum Gasteiger partial charge on any atom is 0.213 e. The highest BCUT2D eigenvalue weighted by Crippen LogP contribution is 2.36. The first-order valence-corrected chi connectivity index (χ1v) is 10.9. The number of nitrogens with zero attached hydrogens (tertiary/aromatic N) is 4. The number of anilines is 1. The molecule has 0 saturated carbocycles. The van der Waals surface area contributed by atoms with Gasteiger partial charge in [0, 0.05) is 42.5 Å². The number of pyridine rings is 1. The van der Waals surface area contributed by atoms with Gasteiger partial charge in [-0.1, -0.05) is 0 Å². The van der Waals surface area contributed by atoms with E-state index in [9.17, 15) is 13.9 Å². The molecule has 2 bridgehead atoms. The van der Waals surface area contributed by atoms with E-state index in [1.165, 1.54) is 37.8 Å². The Morgan fingerprint density at radius 3 is 2.73 bits per heavy atom. The minimum Gasteiger partial charge on any atom is -0.507 e. The van der Waals surface area contributed by atoms with Crippen LogP contribution in [0.1, 0.15) is 19.3 Å². The molecule has 2 aliphatic heterocycles. The normalized spacial score (nSPS) is 24.0. The first-order valence-electron chi connectivity index (χ1n) is 10.9. The Labute approximate surface area is 190 Å². The van der Waals surface area contributed by atoms with Crippen LogP contribution in [-0.2, 0) is 0 Å². The first kappa shape index (κ1) is 21.5. The summed E-state index contributed by atoms with van der Waals surface area (Å²) in [6.07, 6.45) is 6.09. The molecule has 172 valence electrons. The highest BCUT2D eigenvalue weighted by Gasteiger charge is 2.43. The lowest BCUT2D eigenvalue weighted by Gasteiger charge is -2.38. The van der Waals surface area contributed by atoms with Crippen molar-refractivity contribution in [3.8, 4) is 34.0 Å². The summed E-state index contributed by atoms with van der Waals surface area (Å²) in [5.74, 6) is 0.229. The van der Waals surface area contributed by atoms with Crippen LogP contribution in [0.5, 0.6) is 11.6 Å². The molecule has 0 radical (unpaired) electrons. The summed E-state index contributed by atoms with van der Waals surface area (Å²) in [4.78, 5) is 14.6. The standard InChI is InChI=1S/C24H25F2N5O2/c1-31(20-8-14-3-4-18(30-14)24(20)26)22-12-28-19(11-29-22)16-9-17(25)15(10-21(16)32)13-5-6-27-23(7-13)33-2/h5-7,9-12,14,18,20,24,30,32H,3-4,8H2,1-2H3. The SMILES string of the molecule is COc1cc(-c2cc(O)c(-c3cnc(N(C)C4CC5CCC(N5)C4F)cn3)cc2F)ccn1. The van der Waals surface area contributed by atoms with Crippen LogP contribution in [0.2, 0.25) is 0 Å². The van der Waals surface area contributed by atoms with Gasteiger partial charge in [0.25, 0.3) is 0 Å². The van der Waals surface area contributed by atoms with Crippen LogP contribution in [0.3, 0.4) is 0 Å². The number of piperidine rings is 1. The lowest BCUT2D eigenvalue weighted by molar-refractivity contribution is 0.176. The molecule has 4 atom stereocenters. The number of methoxy groups -OCH3 is 1. The molecule has 2 saturated heterocycles. The third kappa shape index (κ3) is 3.97. The number of rotatable bonds is 5. The Morgan fingerprint density at radius 1 is 1.12 bits per heavy atom. The minimum absolute atomic E-state index is 0.109. The molecule has 0 amide bonds. The van der Waals surface area contributed by atoms with Gasteiger partial charge in [0.1, 0.15) is 23.6 Å². The highest BCUT2D eigenvalue weighted by molar-refractivity contribution is 5.75. The Bertz CT molecular complexity index is 1160. The zero-order chi connectivity index (χ0) is 23.1. The molecule has 2 fully saturated rings. The molecule has 0 spiro atoms. The van der Waals surface area contributed by atoms with Gasteiger partial charge in [-0.25, -0.2) is 18.7 Å². The number of benzene rings is 1. The lowest BCUT2D eigenvalue weighted by atomic mass is 9.96. The van der Waals surface area contributed by atoms with Gasteiger partial charge < -0.3 is 20.1 Å². The van der Waals surface area contributed by atoms with Crippen LogP contribution < -0.4 is 15.0 Å². The van der Waals surface area contributed by atoms with Crippen LogP contribution >= 0.6 is 0 Å². The van der Waals surface area contributed by atoms with E-state index < -0.39 is 12.0 Å². The van der Waals surface area contributed by atoms with Crippen LogP contribution in [0.4, 0.5) is 14.6 Å². The Hall–Kier alpha value is -3.33. The van der Waals surface area contributed by atoms with Crippen molar-refractivity contribution >= 4 is 5.82 Å². The summed E-state index contributed by atoms with van der Waals surface area (Å²) in [5, 5.41) is 13.9. The molecular formula is C24H25F2N5O2. The Morgan fingerprint density at radius 2 is 1.97 bits per heavy atom. The van der Waals surface area contributed by atoms with Gasteiger partial charge in [0.2, 0.25) is 5.88 Å². The molecular weight excluding hydrogens is 428 g/mol. The summed E-state index contributed by atoms with van der Waals surface area (Å²) >= 11 is 0. The predicted octanol–water partition coefficient (Wildman–Crippen LogP) is 3.73. The fraction of sp³-hybridized carbons (Fsp3) is 0.375. The number of alkyl halides is 1. The van der Waals surface area contributed by atoms with E-state index in [2.05, 4.69) is 20.3 Å². The second-order valence-corrected chi connectivity index (χ2v) is 8.60. The van der Waals surface area contributed by atoms with Crippen molar-refractivity contribution in [1.29, 1.82) is 0 Å². The van der Waals surface area contributed by atoms with E-state index in [0.29, 0.717) is 35.4 Å². The molecule has 5 rings (SSSR count). The van der Waals surface area contributed by atoms with Crippen LogP contribution in [0, 0.1) is 5.82 Å². The lowest BCUT2D eigenvalue weighted by Crippen LogP contribution is -2.55. The van der Waals surface area contributed by atoms with Crippen LogP contribution in [-0.4, -0.2) is 58.5 Å². The number of aromatic nitrogens is 3. The fourth-order valence-corrected chi connectivity index (χ4v) is 4.84. The number of phenols is 1. The van der Waals surface area contributed by atoms with Crippen molar-refractivity contribution in [3.63, 3.8) is 0 Å². The summed E-state index contributed by atoms with van der Waals surface area (Å²) < 4.78 is 34.9. The topological polar surface area (TPSA) is 83.4 Å². The molecule has 2 aliphatic rings. The van der Waals surface area contributed by atoms with Crippen molar-refractivity contribution in [2.24, 2.45) is 0 Å². The van der Waals surface area contributed by atoms with E-state index in [0.717, 1.165) is 12.8 Å². The van der Waals surface area contributed by atoms with Gasteiger partial charge in [-0.2, -0.15) is 0 Å². The third-order valence-electron chi connectivity index (χ3n) is 6.67. The number of hydrogen-bond acceptors (Lipinski definition) is 7. The van der Waals surface area contributed by atoms with Crippen molar-refractivity contribution < 1.29 is 18.6 Å². The maximum absolute atomic E-state index is 14.9. The quantitative estimate of drug-likeness (QED) is 0.609. The zero-order valence-electron chi connectivity index (χ0n) is 18.4. The van der Waals surface area contributed by atoms with Crippen LogP contribution in [0.25, 0.3) is 22.4 Å². The zero-order valence-corrected chi connectivity index (χ0v) is 18.4. The molecule has 4 heterocycles. The smallest absolute Gasteiger partial charge is 0.213 e. The molecule has 2 aromatic heterocycles. The summed E-state index contributed by atoms with van der Waals surface area (Å²) in [6, 6.07) is 5.75. The summed E-state index contributed by atoms with van der Waals surface area (Å²) in [6.45, 7) is 0. The number of phenolic OH excluding ortho intramolecular Hbond substituents is 1. The first-order chi connectivity index (χ1) is 15.9. The number of aromatic hydroxyl groups is 1. The molecule has 1 aromatic carbocycles. The number of fused-ring (bicyclic) bond motifs is 2. The molecule has 33 heavy (non-hydrogen) atoms. The third-order valence-corrected chi connectivity index (χ3v) is 6.67. The second kappa shape index (κ2) is 8.55. The largest absolute Gasteiger partial charge is 0.507 e. The average molecular weight is 453 g/mol. The van der Waals surface area contributed by atoms with Crippen molar-refractivity contribution in [2.45, 2.75) is 43.6 Å².